The van der Waals surface area contributed by atoms with Gasteiger partial charge in [0.1, 0.15) is 6.10 Å². The van der Waals surface area contributed by atoms with Gasteiger partial charge >= 0.3 is 0 Å². The highest BCUT2D eigenvalue weighted by Gasteiger charge is 2.07. The Balaban J connectivity index is 3.46. The third-order valence-electron chi connectivity index (χ3n) is 0.936. The minimum absolute atomic E-state index is 0.312. The molecule has 3 nitrogen and oxygen atoms in total. The molecule has 3 heteroatoms. The highest BCUT2D eigenvalue weighted by atomic mass is 16.3. The van der Waals surface area contributed by atoms with Gasteiger partial charge in [-0.15, -0.1) is 0 Å². The molecule has 0 bridgehead atoms. The molecule has 0 saturated heterocycles. The molecule has 2 N–H and O–H groups in total. The van der Waals surface area contributed by atoms with Gasteiger partial charge in [0.15, 0.2) is 0 Å². The van der Waals surface area contributed by atoms with Crippen LogP contribution in [-0.2, 0) is 4.79 Å². The van der Waals surface area contributed by atoms with Gasteiger partial charge in [-0.25, -0.2) is 0 Å². The van der Waals surface area contributed by atoms with Crippen LogP contribution in [-0.4, -0.2) is 24.2 Å². The van der Waals surface area contributed by atoms with Gasteiger partial charge in [0, 0.05) is 7.05 Å². The predicted octanol–water partition coefficient (Wildman–Crippen LogP) is -0.497. The molecule has 48 valence electrons. The van der Waals surface area contributed by atoms with Gasteiger partial charge in [-0.3, -0.25) is 4.79 Å². The van der Waals surface area contributed by atoms with Crippen molar-refractivity contribution in [3.63, 3.8) is 0 Å². The summed E-state index contributed by atoms with van der Waals surface area (Å²) in [6.45, 7) is 1.75. The molecule has 0 aliphatic heterocycles. The van der Waals surface area contributed by atoms with Crippen molar-refractivity contribution in [3.05, 3.63) is 0 Å². The Morgan fingerprint density at radius 2 is 2.38 bits per heavy atom. The van der Waals surface area contributed by atoms with Crippen LogP contribution in [0.3, 0.4) is 0 Å². The van der Waals surface area contributed by atoms with Gasteiger partial charge in [-0.05, 0) is 6.42 Å². The summed E-state index contributed by atoms with van der Waals surface area (Å²) in [6, 6.07) is 0. The highest BCUT2D eigenvalue weighted by Crippen LogP contribution is 1.86. The number of hydrogen-bond donors (Lipinski definition) is 2. The SMILES string of the molecule is CC[C@H](O)C(=O)NC. The zero-order chi connectivity index (χ0) is 6.57. The second-order valence-corrected chi connectivity index (χ2v) is 1.54. The van der Waals surface area contributed by atoms with Crippen molar-refractivity contribution < 1.29 is 9.90 Å². The van der Waals surface area contributed by atoms with E-state index in [0.29, 0.717) is 6.42 Å². The molecule has 0 rings (SSSR count). The molecule has 0 fully saturated rings. The largest absolute Gasteiger partial charge is 0.383 e. The van der Waals surface area contributed by atoms with Crippen LogP contribution in [0.4, 0.5) is 0 Å². The summed E-state index contributed by atoms with van der Waals surface area (Å²) in [7, 11) is 1.50. The molecule has 0 spiro atoms. The van der Waals surface area contributed by atoms with Crippen LogP contribution < -0.4 is 5.32 Å². The van der Waals surface area contributed by atoms with Gasteiger partial charge in [0.05, 0.1) is 0 Å². The zero-order valence-electron chi connectivity index (χ0n) is 5.14. The Kier molecular flexibility index (Phi) is 3.19. The Morgan fingerprint density at radius 3 is 2.50 bits per heavy atom. The van der Waals surface area contributed by atoms with Crippen molar-refractivity contribution in [3.8, 4) is 0 Å². The smallest absolute Gasteiger partial charge is 0.248 e. The number of rotatable bonds is 2. The fraction of sp³-hybridized carbons (Fsp3) is 0.800. The van der Waals surface area contributed by atoms with Crippen molar-refractivity contribution in [2.45, 2.75) is 19.4 Å². The van der Waals surface area contributed by atoms with E-state index in [2.05, 4.69) is 5.32 Å². The number of nitrogens with one attached hydrogen (secondary N) is 1. The number of carbonyl (C=O) groups excluding carboxylic acids is 1. The summed E-state index contributed by atoms with van der Waals surface area (Å²) in [6.07, 6.45) is -0.361. The standard InChI is InChI=1S/C5H11NO2/c1-3-4(7)5(8)6-2/h4,7H,3H2,1-2H3,(H,6,8)/t4-/m0/s1. The molecule has 0 aromatic heterocycles. The van der Waals surface area contributed by atoms with Crippen LogP contribution in [0.25, 0.3) is 0 Å². The summed E-state index contributed by atoms with van der Waals surface area (Å²) >= 11 is 0. The lowest BCUT2D eigenvalue weighted by Crippen LogP contribution is -2.30. The molecule has 0 saturated carbocycles. The molecule has 0 aliphatic carbocycles. The van der Waals surface area contributed by atoms with E-state index in [1.165, 1.54) is 7.05 Å². The van der Waals surface area contributed by atoms with Crippen LogP contribution in [0.1, 0.15) is 13.3 Å². The van der Waals surface area contributed by atoms with E-state index in [1.807, 2.05) is 0 Å². The number of aliphatic hydroxyl groups is 1. The summed E-state index contributed by atoms with van der Waals surface area (Å²) < 4.78 is 0. The molecular weight excluding hydrogens is 106 g/mol. The first-order chi connectivity index (χ1) is 3.72. The Labute approximate surface area is 48.7 Å². The van der Waals surface area contributed by atoms with Crippen LogP contribution in [0, 0.1) is 0 Å². The van der Waals surface area contributed by atoms with E-state index in [9.17, 15) is 4.79 Å². The van der Waals surface area contributed by atoms with Gasteiger partial charge in [-0.1, -0.05) is 6.92 Å². The van der Waals surface area contributed by atoms with Gasteiger partial charge in [0.25, 0.3) is 0 Å². The summed E-state index contributed by atoms with van der Waals surface area (Å²) in [4.78, 5) is 10.4. The molecule has 0 aliphatic rings. The lowest BCUT2D eigenvalue weighted by molar-refractivity contribution is -0.128. The van der Waals surface area contributed by atoms with Gasteiger partial charge in [-0.2, -0.15) is 0 Å². The molecule has 1 atom stereocenters. The van der Waals surface area contributed by atoms with E-state index >= 15 is 0 Å². The number of likely N-dealkylation sites (N-methyl/N-ethyl adjacent to an activating group) is 1. The van der Waals surface area contributed by atoms with Crippen molar-refractivity contribution >= 4 is 5.91 Å². The van der Waals surface area contributed by atoms with E-state index in [-0.39, 0.29) is 5.91 Å². The number of aliphatic hydroxyl groups excluding tert-OH is 1. The first-order valence-electron chi connectivity index (χ1n) is 2.62. The van der Waals surface area contributed by atoms with Crippen molar-refractivity contribution in [2.24, 2.45) is 0 Å². The van der Waals surface area contributed by atoms with Crippen LogP contribution >= 0.6 is 0 Å². The molecule has 0 aromatic rings. The first kappa shape index (κ1) is 7.43. The fourth-order valence-corrected chi connectivity index (χ4v) is 0.352. The third kappa shape index (κ3) is 1.93. The minimum atomic E-state index is -0.833. The number of carbonyl (C=O) groups is 1. The van der Waals surface area contributed by atoms with E-state index in [4.69, 9.17) is 5.11 Å². The average Bonchev–Trinajstić information content (AvgIpc) is 1.84. The quantitative estimate of drug-likeness (QED) is 0.512. The van der Waals surface area contributed by atoms with Crippen molar-refractivity contribution in [2.75, 3.05) is 7.05 Å². The van der Waals surface area contributed by atoms with Crippen molar-refractivity contribution in [1.82, 2.24) is 5.32 Å². The molecular formula is C5H11NO2. The van der Waals surface area contributed by atoms with Crippen LogP contribution in [0.5, 0.6) is 0 Å². The van der Waals surface area contributed by atoms with Crippen LogP contribution in [0.2, 0.25) is 0 Å². The molecule has 0 radical (unpaired) electrons. The van der Waals surface area contributed by atoms with E-state index < -0.39 is 6.10 Å². The molecule has 8 heavy (non-hydrogen) atoms. The van der Waals surface area contributed by atoms with Gasteiger partial charge < -0.3 is 10.4 Å². The third-order valence-corrected chi connectivity index (χ3v) is 0.936. The zero-order valence-corrected chi connectivity index (χ0v) is 5.14. The maximum Gasteiger partial charge on any atom is 0.248 e. The summed E-state index contributed by atoms with van der Waals surface area (Å²) in [5.41, 5.74) is 0. The minimum Gasteiger partial charge on any atom is -0.383 e. The average molecular weight is 117 g/mol. The molecule has 0 unspecified atom stereocenters. The topological polar surface area (TPSA) is 49.3 Å². The monoisotopic (exact) mass is 117 g/mol. The van der Waals surface area contributed by atoms with Gasteiger partial charge in [0.2, 0.25) is 5.91 Å². The predicted molar refractivity (Wildman–Crippen MR) is 30.4 cm³/mol. The maximum absolute atomic E-state index is 10.4. The molecule has 1 amide bonds. The maximum atomic E-state index is 10.4. The molecule has 0 aromatic carbocycles. The second-order valence-electron chi connectivity index (χ2n) is 1.54. The lowest BCUT2D eigenvalue weighted by Gasteiger charge is -2.02. The number of hydrogen-bond acceptors (Lipinski definition) is 2. The Morgan fingerprint density at radius 1 is 1.88 bits per heavy atom. The normalized spacial score (nSPS) is 12.9. The van der Waals surface area contributed by atoms with Crippen LogP contribution in [0.15, 0.2) is 0 Å². The second kappa shape index (κ2) is 3.43. The molecule has 0 heterocycles. The highest BCUT2D eigenvalue weighted by molar-refractivity contribution is 5.79. The Bertz CT molecular complexity index is 82.5. The fourth-order valence-electron chi connectivity index (χ4n) is 0.352. The lowest BCUT2D eigenvalue weighted by atomic mass is 10.3. The summed E-state index contributed by atoms with van der Waals surface area (Å²) in [5, 5.41) is 11.0. The first-order valence-corrected chi connectivity index (χ1v) is 2.62. The van der Waals surface area contributed by atoms with E-state index in [0.717, 1.165) is 0 Å². The Hall–Kier alpha value is -0.570. The van der Waals surface area contributed by atoms with E-state index in [1.54, 1.807) is 6.92 Å². The number of amides is 1. The van der Waals surface area contributed by atoms with Crippen molar-refractivity contribution in [1.29, 1.82) is 0 Å². The summed E-state index contributed by atoms with van der Waals surface area (Å²) in [5.74, 6) is -0.312.